The molecule has 1 amide bonds. The highest BCUT2D eigenvalue weighted by Gasteiger charge is 2.06. The summed E-state index contributed by atoms with van der Waals surface area (Å²) < 4.78 is 2.05. The highest BCUT2D eigenvalue weighted by atomic mass is 35.5. The first-order valence-electron chi connectivity index (χ1n) is 8.17. The molecule has 0 saturated carbocycles. The van der Waals surface area contributed by atoms with Gasteiger partial charge in [0.2, 0.25) is 6.41 Å². The molecule has 0 aliphatic rings. The summed E-state index contributed by atoms with van der Waals surface area (Å²) in [6.07, 6.45) is 6.86. The summed E-state index contributed by atoms with van der Waals surface area (Å²) >= 11 is 6.08. The molecule has 2 aromatic carbocycles. The van der Waals surface area contributed by atoms with Crippen molar-refractivity contribution in [2.75, 3.05) is 6.54 Å². The number of aromatic nitrogens is 2. The molecule has 1 N–H and O–H groups in total. The molecule has 0 fully saturated rings. The summed E-state index contributed by atoms with van der Waals surface area (Å²) in [6.45, 7) is 0.757. The molecule has 0 saturated heterocycles. The molecule has 1 heterocycles. The van der Waals surface area contributed by atoms with Crippen LogP contribution in [0.2, 0.25) is 5.02 Å². The van der Waals surface area contributed by atoms with E-state index in [2.05, 4.69) is 33.1 Å². The number of benzene rings is 2. The van der Waals surface area contributed by atoms with Gasteiger partial charge in [0.15, 0.2) is 0 Å². The summed E-state index contributed by atoms with van der Waals surface area (Å²) in [5.74, 6) is 0. The molecular formula is C19H20ClN3O. The van der Waals surface area contributed by atoms with E-state index in [0.717, 1.165) is 60.4 Å². The molecule has 5 heteroatoms. The number of halogens is 1. The van der Waals surface area contributed by atoms with Crippen molar-refractivity contribution in [2.24, 2.45) is 0 Å². The Morgan fingerprint density at radius 3 is 2.88 bits per heavy atom. The van der Waals surface area contributed by atoms with Gasteiger partial charge in [-0.15, -0.1) is 0 Å². The van der Waals surface area contributed by atoms with Crippen molar-refractivity contribution in [3.63, 3.8) is 0 Å². The van der Waals surface area contributed by atoms with Crippen molar-refractivity contribution in [3.8, 4) is 5.69 Å². The molecule has 124 valence electrons. The monoisotopic (exact) mass is 341 g/mol. The Balaban J connectivity index is 1.68. The van der Waals surface area contributed by atoms with Crippen LogP contribution in [0.25, 0.3) is 16.7 Å². The van der Waals surface area contributed by atoms with E-state index in [-0.39, 0.29) is 0 Å². The maximum absolute atomic E-state index is 10.2. The summed E-state index contributed by atoms with van der Waals surface area (Å²) in [7, 11) is 0. The van der Waals surface area contributed by atoms with E-state index in [9.17, 15) is 4.79 Å². The molecule has 0 unspecified atom stereocenters. The van der Waals surface area contributed by atoms with Gasteiger partial charge < -0.3 is 5.32 Å². The van der Waals surface area contributed by atoms with Gasteiger partial charge in [-0.3, -0.25) is 9.36 Å². The van der Waals surface area contributed by atoms with Gasteiger partial charge in [0.1, 0.15) is 6.33 Å². The standard InChI is InChI=1S/C19H20ClN3O/c20-16-6-4-7-17(12-16)23-13-22-18-11-15(8-9-19(18)23)5-2-1-3-10-21-14-24/h4,6-9,11-14H,1-3,5,10H2,(H,21,24). The third-order valence-electron chi connectivity index (χ3n) is 4.07. The van der Waals surface area contributed by atoms with E-state index >= 15 is 0 Å². The number of rotatable bonds is 8. The third-order valence-corrected chi connectivity index (χ3v) is 4.30. The lowest BCUT2D eigenvalue weighted by atomic mass is 10.1. The van der Waals surface area contributed by atoms with E-state index in [1.54, 1.807) is 0 Å². The SMILES string of the molecule is O=CNCCCCCc1ccc2c(c1)ncn2-c1cccc(Cl)c1. The molecule has 4 nitrogen and oxygen atoms in total. The number of imidazole rings is 1. The summed E-state index contributed by atoms with van der Waals surface area (Å²) in [5, 5.41) is 3.41. The normalized spacial score (nSPS) is 10.9. The molecule has 3 aromatic rings. The Labute approximate surface area is 146 Å². The molecule has 1 aromatic heterocycles. The zero-order valence-corrected chi connectivity index (χ0v) is 14.2. The molecular weight excluding hydrogens is 322 g/mol. The van der Waals surface area contributed by atoms with Gasteiger partial charge in [-0.05, 0) is 55.2 Å². The van der Waals surface area contributed by atoms with Gasteiger partial charge in [0.05, 0.1) is 11.0 Å². The molecule has 0 spiro atoms. The van der Waals surface area contributed by atoms with E-state index in [1.807, 2.05) is 30.6 Å². The van der Waals surface area contributed by atoms with Crippen LogP contribution in [-0.4, -0.2) is 22.5 Å². The first kappa shape index (κ1) is 16.5. The molecule has 0 atom stereocenters. The van der Waals surface area contributed by atoms with Crippen LogP contribution in [0.3, 0.4) is 0 Å². The summed E-state index contributed by atoms with van der Waals surface area (Å²) in [6, 6.07) is 14.2. The van der Waals surface area contributed by atoms with Crippen molar-refractivity contribution in [3.05, 3.63) is 59.4 Å². The maximum atomic E-state index is 10.2. The highest BCUT2D eigenvalue weighted by Crippen LogP contribution is 2.22. The number of hydrogen-bond donors (Lipinski definition) is 1. The Morgan fingerprint density at radius 1 is 1.12 bits per heavy atom. The first-order valence-corrected chi connectivity index (χ1v) is 8.55. The smallest absolute Gasteiger partial charge is 0.207 e. The number of fused-ring (bicyclic) bond motifs is 1. The van der Waals surface area contributed by atoms with E-state index in [1.165, 1.54) is 5.56 Å². The largest absolute Gasteiger partial charge is 0.359 e. The number of aryl methyl sites for hydroxylation is 1. The van der Waals surface area contributed by atoms with Gasteiger partial charge >= 0.3 is 0 Å². The Hall–Kier alpha value is -2.33. The number of unbranched alkanes of at least 4 members (excludes halogenated alkanes) is 2. The Bertz CT molecular complexity index is 828. The molecule has 3 rings (SSSR count). The summed E-state index contributed by atoms with van der Waals surface area (Å²) in [5.41, 5.74) is 4.38. The fourth-order valence-electron chi connectivity index (χ4n) is 2.84. The van der Waals surface area contributed by atoms with Crippen LogP contribution >= 0.6 is 11.6 Å². The van der Waals surface area contributed by atoms with Gasteiger partial charge in [-0.25, -0.2) is 4.98 Å². The second-order valence-corrected chi connectivity index (χ2v) is 6.24. The average Bonchev–Trinajstić information content (AvgIpc) is 3.01. The number of nitrogens with zero attached hydrogens (tertiary/aromatic N) is 2. The average molecular weight is 342 g/mol. The second-order valence-electron chi connectivity index (χ2n) is 5.80. The van der Waals surface area contributed by atoms with Crippen LogP contribution in [0.5, 0.6) is 0 Å². The fraction of sp³-hybridized carbons (Fsp3) is 0.263. The lowest BCUT2D eigenvalue weighted by Gasteiger charge is -2.06. The predicted octanol–water partition coefficient (Wildman–Crippen LogP) is 4.14. The van der Waals surface area contributed by atoms with E-state index < -0.39 is 0 Å². The van der Waals surface area contributed by atoms with E-state index in [4.69, 9.17) is 11.6 Å². The number of nitrogens with one attached hydrogen (secondary N) is 1. The predicted molar refractivity (Wildman–Crippen MR) is 97.7 cm³/mol. The lowest BCUT2D eigenvalue weighted by molar-refractivity contribution is -0.109. The fourth-order valence-corrected chi connectivity index (χ4v) is 3.02. The van der Waals surface area contributed by atoms with Crippen LogP contribution in [0.4, 0.5) is 0 Å². The molecule has 0 aliphatic heterocycles. The highest BCUT2D eigenvalue weighted by molar-refractivity contribution is 6.30. The van der Waals surface area contributed by atoms with Gasteiger partial charge in [-0.2, -0.15) is 0 Å². The number of carbonyl (C=O) groups excluding carboxylic acids is 1. The lowest BCUT2D eigenvalue weighted by Crippen LogP contribution is -2.11. The molecule has 0 bridgehead atoms. The minimum absolute atomic E-state index is 0.718. The molecule has 24 heavy (non-hydrogen) atoms. The minimum atomic E-state index is 0.718. The van der Waals surface area contributed by atoms with Crippen LogP contribution in [0.15, 0.2) is 48.8 Å². The van der Waals surface area contributed by atoms with Crippen LogP contribution in [0, 0.1) is 0 Å². The van der Waals surface area contributed by atoms with Crippen molar-refractivity contribution >= 4 is 29.0 Å². The Kier molecular flexibility index (Phi) is 5.49. The molecule has 0 radical (unpaired) electrons. The van der Waals surface area contributed by atoms with Gasteiger partial charge in [-0.1, -0.05) is 30.2 Å². The van der Waals surface area contributed by atoms with Gasteiger partial charge in [0, 0.05) is 17.3 Å². The molecule has 0 aliphatic carbocycles. The van der Waals surface area contributed by atoms with Crippen molar-refractivity contribution in [1.29, 1.82) is 0 Å². The zero-order valence-electron chi connectivity index (χ0n) is 13.4. The van der Waals surface area contributed by atoms with Gasteiger partial charge in [0.25, 0.3) is 0 Å². The zero-order chi connectivity index (χ0) is 16.8. The van der Waals surface area contributed by atoms with Crippen LogP contribution in [0.1, 0.15) is 24.8 Å². The van der Waals surface area contributed by atoms with Crippen molar-refractivity contribution in [1.82, 2.24) is 14.9 Å². The Morgan fingerprint density at radius 2 is 2.04 bits per heavy atom. The number of carbonyl (C=O) groups is 1. The quantitative estimate of drug-likeness (QED) is 0.494. The number of amides is 1. The maximum Gasteiger partial charge on any atom is 0.207 e. The van der Waals surface area contributed by atoms with Crippen LogP contribution in [-0.2, 0) is 11.2 Å². The second kappa shape index (κ2) is 7.97. The van der Waals surface area contributed by atoms with E-state index in [0.29, 0.717) is 0 Å². The first-order chi connectivity index (χ1) is 11.8. The van der Waals surface area contributed by atoms with Crippen molar-refractivity contribution in [2.45, 2.75) is 25.7 Å². The summed E-state index contributed by atoms with van der Waals surface area (Å²) in [4.78, 5) is 14.7. The minimum Gasteiger partial charge on any atom is -0.359 e. The third kappa shape index (κ3) is 3.95. The topological polar surface area (TPSA) is 46.9 Å². The van der Waals surface area contributed by atoms with Crippen molar-refractivity contribution < 1.29 is 4.79 Å². The van der Waals surface area contributed by atoms with Crippen LogP contribution < -0.4 is 5.32 Å². The number of hydrogen-bond acceptors (Lipinski definition) is 2.